The average Bonchev–Trinajstić information content (AvgIpc) is 3.52. The third-order valence-corrected chi connectivity index (χ3v) is 5.02. The fraction of sp³-hybridized carbons (Fsp3) is 0.143. The molecule has 166 valence electrons. The Morgan fingerprint density at radius 1 is 0.750 bits per heavy atom. The minimum atomic E-state index is 0. The number of aliphatic hydroxyl groups excluding tert-OH is 1. The summed E-state index contributed by atoms with van der Waals surface area (Å²) >= 11 is 0. The van der Waals surface area contributed by atoms with Gasteiger partial charge in [-0.15, -0.1) is 35.4 Å². The van der Waals surface area contributed by atoms with Crippen LogP contribution in [0.15, 0.2) is 114 Å². The van der Waals surface area contributed by atoms with Crippen LogP contribution in [-0.4, -0.2) is 21.9 Å². The van der Waals surface area contributed by atoms with Gasteiger partial charge in [-0.25, -0.2) is 12.1 Å². The van der Waals surface area contributed by atoms with Gasteiger partial charge in [0.05, 0.1) is 0 Å². The topological polar surface area (TPSA) is 60.7 Å². The largest absolute Gasteiger partial charge is 2.00 e. The quantitative estimate of drug-likeness (QED) is 0.225. The van der Waals surface area contributed by atoms with Crippen molar-refractivity contribution in [1.29, 1.82) is 0 Å². The Bertz CT molecular complexity index is 921. The molecule has 32 heavy (non-hydrogen) atoms. The van der Waals surface area contributed by atoms with E-state index in [0.717, 1.165) is 41.9 Å². The predicted molar refractivity (Wildman–Crippen MR) is 126 cm³/mol. The van der Waals surface area contributed by atoms with Crippen LogP contribution in [0.25, 0.3) is 0 Å². The fourth-order valence-corrected chi connectivity index (χ4v) is 3.49. The molecule has 4 rings (SSSR count). The Labute approximate surface area is 200 Å². The van der Waals surface area contributed by atoms with Gasteiger partial charge in [-0.3, -0.25) is 0 Å². The molecule has 0 atom stereocenters. The van der Waals surface area contributed by atoms with Gasteiger partial charge in [0.1, 0.15) is 11.5 Å². The Balaban J connectivity index is 0.000000534. The fourth-order valence-electron chi connectivity index (χ4n) is 3.49. The van der Waals surface area contributed by atoms with Crippen molar-refractivity contribution in [3.05, 3.63) is 131 Å². The van der Waals surface area contributed by atoms with Gasteiger partial charge in [-0.1, -0.05) is 41.4 Å². The van der Waals surface area contributed by atoms with Gasteiger partial charge < -0.3 is 15.3 Å². The molecule has 3 aromatic rings. The van der Waals surface area contributed by atoms with Crippen LogP contribution in [0.1, 0.15) is 30.4 Å². The number of aliphatic hydroxyl groups is 1. The van der Waals surface area contributed by atoms with Crippen LogP contribution < -0.4 is 0 Å². The van der Waals surface area contributed by atoms with Crippen molar-refractivity contribution in [3.63, 3.8) is 0 Å². The summed E-state index contributed by atoms with van der Waals surface area (Å²) in [4.78, 5) is 0. The Hall–Kier alpha value is -3.04. The molecule has 0 spiro atoms. The van der Waals surface area contributed by atoms with E-state index in [4.69, 9.17) is 0 Å². The number of benzene rings is 2. The van der Waals surface area contributed by atoms with Crippen molar-refractivity contribution in [2.75, 3.05) is 6.61 Å². The second kappa shape index (κ2) is 13.4. The van der Waals surface area contributed by atoms with Gasteiger partial charge in [-0.05, 0) is 43.5 Å². The molecule has 3 aromatic carbocycles. The zero-order valence-corrected chi connectivity index (χ0v) is 18.9. The van der Waals surface area contributed by atoms with Crippen LogP contribution in [0.2, 0.25) is 0 Å². The smallest absolute Gasteiger partial charge is 0.509 e. The molecule has 0 aromatic heterocycles. The molecule has 3 nitrogen and oxygen atoms in total. The number of hydrogen-bond acceptors (Lipinski definition) is 3. The van der Waals surface area contributed by atoms with Gasteiger partial charge in [0.2, 0.25) is 0 Å². The van der Waals surface area contributed by atoms with Crippen molar-refractivity contribution < 1.29 is 32.4 Å². The number of hydrogen-bond donors (Lipinski definition) is 3. The molecule has 0 radical (unpaired) electrons. The van der Waals surface area contributed by atoms with E-state index in [-0.39, 0.29) is 35.2 Å². The zero-order valence-electron chi connectivity index (χ0n) is 17.8. The minimum Gasteiger partial charge on any atom is -0.509 e. The molecule has 1 aliphatic carbocycles. The van der Waals surface area contributed by atoms with Crippen LogP contribution in [0.5, 0.6) is 11.5 Å². The van der Waals surface area contributed by atoms with Crippen molar-refractivity contribution in [2.24, 2.45) is 0 Å². The maximum absolute atomic E-state index is 9.66. The SMILES string of the molecule is OCCCCC(=C1C=CC=C1)[C-](c1ccc(O)cc1)c1ccc(O)cc1.[Fe+2].c1cc[cH-]c1. The van der Waals surface area contributed by atoms with E-state index in [9.17, 15) is 15.3 Å². The van der Waals surface area contributed by atoms with Crippen LogP contribution in [0.3, 0.4) is 0 Å². The molecule has 0 saturated carbocycles. The van der Waals surface area contributed by atoms with E-state index in [1.165, 1.54) is 5.57 Å². The maximum Gasteiger partial charge on any atom is 2.00 e. The Kier molecular flexibility index (Phi) is 10.6. The molecule has 0 unspecified atom stereocenters. The summed E-state index contributed by atoms with van der Waals surface area (Å²) in [5.74, 6) is 1.54. The molecule has 0 heterocycles. The minimum absolute atomic E-state index is 0. The van der Waals surface area contributed by atoms with Crippen molar-refractivity contribution >= 4 is 0 Å². The van der Waals surface area contributed by atoms with Crippen LogP contribution >= 0.6 is 0 Å². The molecule has 3 N–H and O–H groups in total. The third kappa shape index (κ3) is 7.28. The number of phenols is 2. The molecular formula is C28H28FeO3. The van der Waals surface area contributed by atoms with Crippen LogP contribution in [-0.2, 0) is 17.1 Å². The number of rotatable bonds is 7. The van der Waals surface area contributed by atoms with Crippen molar-refractivity contribution in [2.45, 2.75) is 19.3 Å². The van der Waals surface area contributed by atoms with Gasteiger partial charge >= 0.3 is 17.1 Å². The first kappa shape index (κ1) is 25.2. The molecule has 0 aliphatic heterocycles. The molecule has 0 bridgehead atoms. The molecule has 0 amide bonds. The zero-order chi connectivity index (χ0) is 21.9. The van der Waals surface area contributed by atoms with Crippen LogP contribution in [0.4, 0.5) is 0 Å². The van der Waals surface area contributed by atoms with Crippen molar-refractivity contribution in [3.8, 4) is 11.5 Å². The molecular weight excluding hydrogens is 440 g/mol. The van der Waals surface area contributed by atoms with E-state index >= 15 is 0 Å². The predicted octanol–water partition coefficient (Wildman–Crippen LogP) is 6.06. The average molecular weight is 468 g/mol. The number of allylic oxidation sites excluding steroid dienone is 6. The van der Waals surface area contributed by atoms with E-state index in [1.54, 1.807) is 24.3 Å². The summed E-state index contributed by atoms with van der Waals surface area (Å²) in [5, 5.41) is 28.5. The summed E-state index contributed by atoms with van der Waals surface area (Å²) in [6.07, 6.45) is 10.7. The number of aromatic hydroxyl groups is 2. The number of phenolic OH excluding ortho intramolecular Hbond substituents is 2. The monoisotopic (exact) mass is 468 g/mol. The van der Waals surface area contributed by atoms with E-state index in [0.29, 0.717) is 0 Å². The summed E-state index contributed by atoms with van der Waals surface area (Å²) in [7, 11) is 0. The molecule has 0 fully saturated rings. The van der Waals surface area contributed by atoms with Crippen LogP contribution in [0, 0.1) is 5.92 Å². The van der Waals surface area contributed by atoms with Gasteiger partial charge in [0, 0.05) is 6.61 Å². The molecule has 0 saturated heterocycles. The van der Waals surface area contributed by atoms with Gasteiger partial charge in [0.15, 0.2) is 0 Å². The second-order valence-electron chi connectivity index (χ2n) is 7.26. The number of unbranched alkanes of at least 4 members (excludes halogenated alkanes) is 1. The standard InChI is InChI=1S/C23H23O3.C5H5.Fe/c24-16-4-3-7-22(17-5-1-2-6-17)23(18-8-12-20(25)13-9-18)19-10-14-21(26)15-11-19;1-2-4-5-3-1;/h1-2,5-6,8-15,24-26H,3-4,7,16H2;1-5H;/q2*-1;+2. The molecule has 1 aliphatic rings. The van der Waals surface area contributed by atoms with E-state index in [1.807, 2.05) is 66.7 Å². The van der Waals surface area contributed by atoms with Gasteiger partial charge in [0.25, 0.3) is 0 Å². The summed E-state index contributed by atoms with van der Waals surface area (Å²) in [6, 6.07) is 24.4. The summed E-state index contributed by atoms with van der Waals surface area (Å²) in [5.41, 5.74) is 4.36. The first-order valence-corrected chi connectivity index (χ1v) is 10.5. The second-order valence-corrected chi connectivity index (χ2v) is 7.26. The van der Waals surface area contributed by atoms with E-state index in [2.05, 4.69) is 12.2 Å². The third-order valence-electron chi connectivity index (χ3n) is 5.02. The summed E-state index contributed by atoms with van der Waals surface area (Å²) < 4.78 is 0. The Morgan fingerprint density at radius 3 is 1.66 bits per heavy atom. The summed E-state index contributed by atoms with van der Waals surface area (Å²) in [6.45, 7) is 0.183. The first-order valence-electron chi connectivity index (χ1n) is 10.5. The normalized spacial score (nSPS) is 11.5. The van der Waals surface area contributed by atoms with Gasteiger partial charge in [-0.2, -0.15) is 18.2 Å². The molecule has 4 heteroatoms. The van der Waals surface area contributed by atoms with Crippen molar-refractivity contribution in [1.82, 2.24) is 0 Å². The first-order chi connectivity index (χ1) is 15.2. The maximum atomic E-state index is 9.66. The van der Waals surface area contributed by atoms with E-state index < -0.39 is 0 Å². The Morgan fingerprint density at radius 2 is 1.25 bits per heavy atom.